The van der Waals surface area contributed by atoms with Gasteiger partial charge in [0, 0.05) is 6.42 Å². The van der Waals surface area contributed by atoms with Gasteiger partial charge in [-0.1, -0.05) is 6.92 Å². The molecule has 0 radical (unpaired) electrons. The molecule has 0 aromatic carbocycles. The molecule has 4 heteroatoms. The van der Waals surface area contributed by atoms with Crippen molar-refractivity contribution in [3.8, 4) is 0 Å². The molecule has 0 atom stereocenters. The lowest BCUT2D eigenvalue weighted by Gasteiger charge is -1.80. The topological polar surface area (TPSA) is 54.4 Å². The predicted octanol–water partition coefficient (Wildman–Crippen LogP) is 0.163. The fraction of sp³-hybridized carbons (Fsp3) is 0.500. The lowest BCUT2D eigenvalue weighted by Crippen LogP contribution is -2.09. The molecule has 0 spiro atoms. The second kappa shape index (κ2) is 4.64. The second-order valence-electron chi connectivity index (χ2n) is 1.08. The first-order valence-corrected chi connectivity index (χ1v) is 1.94. The lowest BCUT2D eigenvalue weighted by molar-refractivity contribution is -0.148. The second-order valence-corrected chi connectivity index (χ2v) is 1.08. The number of ketones is 1. The molecule has 0 amide bonds. The zero-order chi connectivity index (χ0) is 5.86. The van der Waals surface area contributed by atoms with Crippen LogP contribution in [-0.4, -0.2) is 16.9 Å². The SMILES string of the molecule is CCC(=O)C(=O)O.S. The summed E-state index contributed by atoms with van der Waals surface area (Å²) in [4.78, 5) is 19.5. The van der Waals surface area contributed by atoms with Crippen molar-refractivity contribution in [2.75, 3.05) is 0 Å². The summed E-state index contributed by atoms with van der Waals surface area (Å²) >= 11 is 0. The van der Waals surface area contributed by atoms with Gasteiger partial charge >= 0.3 is 5.97 Å². The number of aliphatic carboxylic acids is 1. The standard InChI is InChI=1S/C4H6O3.H2S/c1-2-3(5)4(6)7;/h2H2,1H3,(H,6,7);1H2. The number of carboxylic acid groups (broad SMARTS) is 1. The Balaban J connectivity index is 0. The molecule has 48 valence electrons. The van der Waals surface area contributed by atoms with Gasteiger partial charge in [-0.15, -0.1) is 0 Å². The Morgan fingerprint density at radius 2 is 1.88 bits per heavy atom. The van der Waals surface area contributed by atoms with Crippen LogP contribution in [0.4, 0.5) is 0 Å². The maximum Gasteiger partial charge on any atom is 0.372 e. The van der Waals surface area contributed by atoms with Crippen LogP contribution in [0.25, 0.3) is 0 Å². The van der Waals surface area contributed by atoms with E-state index in [9.17, 15) is 9.59 Å². The number of rotatable bonds is 2. The van der Waals surface area contributed by atoms with E-state index in [1.165, 1.54) is 6.92 Å². The van der Waals surface area contributed by atoms with Gasteiger partial charge in [0.1, 0.15) is 0 Å². The molecule has 0 heterocycles. The minimum Gasteiger partial charge on any atom is -0.476 e. The molecule has 0 aliphatic carbocycles. The van der Waals surface area contributed by atoms with Crippen molar-refractivity contribution in [2.24, 2.45) is 0 Å². The van der Waals surface area contributed by atoms with Gasteiger partial charge in [0.15, 0.2) is 0 Å². The first-order chi connectivity index (χ1) is 3.18. The Morgan fingerprint density at radius 3 is 1.88 bits per heavy atom. The quantitative estimate of drug-likeness (QED) is 0.550. The maximum atomic E-state index is 9.91. The van der Waals surface area contributed by atoms with Crippen molar-refractivity contribution >= 4 is 25.2 Å². The Morgan fingerprint density at radius 1 is 1.50 bits per heavy atom. The van der Waals surface area contributed by atoms with E-state index >= 15 is 0 Å². The summed E-state index contributed by atoms with van der Waals surface area (Å²) in [5.74, 6) is -2.08. The van der Waals surface area contributed by atoms with Gasteiger partial charge in [-0.05, 0) is 0 Å². The van der Waals surface area contributed by atoms with Crippen molar-refractivity contribution in [1.29, 1.82) is 0 Å². The summed E-state index contributed by atoms with van der Waals surface area (Å²) in [6.07, 6.45) is 0.0787. The van der Waals surface area contributed by atoms with E-state index in [4.69, 9.17) is 5.11 Å². The number of carboxylic acids is 1. The highest BCUT2D eigenvalue weighted by molar-refractivity contribution is 7.59. The zero-order valence-electron chi connectivity index (χ0n) is 4.47. The first-order valence-electron chi connectivity index (χ1n) is 1.94. The number of carbonyl (C=O) groups excluding carboxylic acids is 1. The van der Waals surface area contributed by atoms with Crippen molar-refractivity contribution in [1.82, 2.24) is 0 Å². The molecule has 0 bridgehead atoms. The van der Waals surface area contributed by atoms with E-state index < -0.39 is 11.8 Å². The van der Waals surface area contributed by atoms with E-state index in [1.807, 2.05) is 0 Å². The van der Waals surface area contributed by atoms with Crippen LogP contribution < -0.4 is 0 Å². The Bertz CT molecular complexity index is 99.5. The zero-order valence-corrected chi connectivity index (χ0v) is 5.47. The third-order valence-electron chi connectivity index (χ3n) is 0.560. The van der Waals surface area contributed by atoms with Crippen LogP contribution in [0.15, 0.2) is 0 Å². The monoisotopic (exact) mass is 136 g/mol. The van der Waals surface area contributed by atoms with E-state index in [-0.39, 0.29) is 19.9 Å². The number of carbonyl (C=O) groups is 2. The molecule has 0 fully saturated rings. The van der Waals surface area contributed by atoms with E-state index in [2.05, 4.69) is 0 Å². The minimum atomic E-state index is -1.34. The van der Waals surface area contributed by atoms with Crippen molar-refractivity contribution in [3.63, 3.8) is 0 Å². The normalized spacial score (nSPS) is 7.12. The van der Waals surface area contributed by atoms with Crippen molar-refractivity contribution < 1.29 is 14.7 Å². The summed E-state index contributed by atoms with van der Waals surface area (Å²) in [7, 11) is 0. The Labute approximate surface area is 54.1 Å². The smallest absolute Gasteiger partial charge is 0.372 e. The summed E-state index contributed by atoms with van der Waals surface area (Å²) in [5, 5.41) is 7.83. The molecule has 1 N–H and O–H groups in total. The van der Waals surface area contributed by atoms with Gasteiger partial charge in [-0.3, -0.25) is 4.79 Å². The van der Waals surface area contributed by atoms with Crippen LogP contribution >= 0.6 is 13.5 Å². The number of hydrogen-bond donors (Lipinski definition) is 1. The van der Waals surface area contributed by atoms with Gasteiger partial charge in [-0.25, -0.2) is 4.79 Å². The third kappa shape index (κ3) is 3.67. The fourth-order valence-electron chi connectivity index (χ4n) is 0.151. The molecule has 8 heavy (non-hydrogen) atoms. The Hall–Kier alpha value is -0.510. The van der Waals surface area contributed by atoms with Crippen molar-refractivity contribution in [2.45, 2.75) is 13.3 Å². The van der Waals surface area contributed by atoms with E-state index in [0.29, 0.717) is 0 Å². The highest BCUT2D eigenvalue weighted by atomic mass is 32.1. The maximum absolute atomic E-state index is 9.91. The summed E-state index contributed by atoms with van der Waals surface area (Å²) in [6.45, 7) is 1.51. The van der Waals surface area contributed by atoms with Crippen molar-refractivity contribution in [3.05, 3.63) is 0 Å². The molecule has 3 nitrogen and oxygen atoms in total. The highest BCUT2D eigenvalue weighted by Gasteiger charge is 2.05. The van der Waals surface area contributed by atoms with Crippen LogP contribution in [-0.2, 0) is 9.59 Å². The first kappa shape index (κ1) is 10.5. The number of hydrogen-bond acceptors (Lipinski definition) is 2. The molecular weight excluding hydrogens is 128 g/mol. The van der Waals surface area contributed by atoms with Gasteiger partial charge in [-0.2, -0.15) is 13.5 Å². The molecular formula is C4H8O3S. The van der Waals surface area contributed by atoms with Crippen LogP contribution in [0.1, 0.15) is 13.3 Å². The summed E-state index contributed by atoms with van der Waals surface area (Å²) < 4.78 is 0. The van der Waals surface area contributed by atoms with E-state index in [1.54, 1.807) is 0 Å². The van der Waals surface area contributed by atoms with Crippen LogP contribution in [0.5, 0.6) is 0 Å². The van der Waals surface area contributed by atoms with E-state index in [0.717, 1.165) is 0 Å². The fourth-order valence-corrected chi connectivity index (χ4v) is 0.151. The molecule has 0 saturated heterocycles. The van der Waals surface area contributed by atoms with Crippen LogP contribution in [0.2, 0.25) is 0 Å². The molecule has 0 aliphatic heterocycles. The summed E-state index contributed by atoms with van der Waals surface area (Å²) in [5.41, 5.74) is 0. The number of Topliss-reactive ketones (excluding diaryl/α,β-unsaturated/α-hetero) is 1. The molecule has 0 saturated carbocycles. The molecule has 0 aliphatic rings. The molecule has 0 aromatic rings. The van der Waals surface area contributed by atoms with Gasteiger partial charge in [0.2, 0.25) is 5.78 Å². The third-order valence-corrected chi connectivity index (χ3v) is 0.560. The average Bonchev–Trinajstić information content (AvgIpc) is 1.65. The Kier molecular flexibility index (Phi) is 6.08. The summed E-state index contributed by atoms with van der Waals surface area (Å²) in [6, 6.07) is 0. The minimum absolute atomic E-state index is 0. The highest BCUT2D eigenvalue weighted by Crippen LogP contribution is 1.76. The van der Waals surface area contributed by atoms with Gasteiger partial charge in [0.05, 0.1) is 0 Å². The van der Waals surface area contributed by atoms with Crippen LogP contribution in [0, 0.1) is 0 Å². The molecule has 0 rings (SSSR count). The lowest BCUT2D eigenvalue weighted by atomic mass is 10.3. The predicted molar refractivity (Wildman–Crippen MR) is 33.3 cm³/mol. The molecule has 0 unspecified atom stereocenters. The molecule has 0 aromatic heterocycles. The average molecular weight is 136 g/mol. The van der Waals surface area contributed by atoms with Gasteiger partial charge in [0.25, 0.3) is 0 Å². The van der Waals surface area contributed by atoms with Crippen LogP contribution in [0.3, 0.4) is 0 Å². The largest absolute Gasteiger partial charge is 0.476 e. The van der Waals surface area contributed by atoms with Gasteiger partial charge < -0.3 is 5.11 Å².